The monoisotopic (exact) mass is 307 g/mol. The summed E-state index contributed by atoms with van der Waals surface area (Å²) >= 11 is 5.85. The molecule has 0 radical (unpaired) electrons. The van der Waals surface area contributed by atoms with Crippen LogP contribution >= 0.6 is 11.6 Å². The molecule has 0 heterocycles. The van der Waals surface area contributed by atoms with Gasteiger partial charge in [-0.2, -0.15) is 0 Å². The Morgan fingerprint density at radius 1 is 1.42 bits per heavy atom. The Labute approximate surface area is 116 Å². The number of carbonyl (C=O) groups excluding carboxylic acids is 1. The second-order valence-electron chi connectivity index (χ2n) is 3.80. The number of halogens is 1. The number of anilines is 1. The van der Waals surface area contributed by atoms with E-state index in [1.165, 1.54) is 19.2 Å². The first-order chi connectivity index (χ1) is 8.76. The van der Waals surface area contributed by atoms with Gasteiger partial charge in [-0.05, 0) is 12.1 Å². The van der Waals surface area contributed by atoms with Crippen molar-refractivity contribution in [3.63, 3.8) is 0 Å². The minimum atomic E-state index is -3.13. The molecule has 106 valence electrons. The average molecular weight is 308 g/mol. The number of ether oxygens (including phenoxy) is 2. The highest BCUT2D eigenvalue weighted by molar-refractivity contribution is 7.90. The van der Waals surface area contributed by atoms with Crippen LogP contribution in [0.4, 0.5) is 5.69 Å². The molecule has 0 fully saturated rings. The van der Waals surface area contributed by atoms with Crippen molar-refractivity contribution in [1.82, 2.24) is 0 Å². The normalized spacial score (nSPS) is 11.1. The molecule has 0 aromatic heterocycles. The van der Waals surface area contributed by atoms with E-state index in [0.717, 1.165) is 6.26 Å². The molecule has 2 N–H and O–H groups in total. The number of methoxy groups -OCH3 is 1. The fourth-order valence-electron chi connectivity index (χ4n) is 1.31. The van der Waals surface area contributed by atoms with Gasteiger partial charge >= 0.3 is 5.97 Å². The van der Waals surface area contributed by atoms with Gasteiger partial charge in [0.2, 0.25) is 0 Å². The Bertz CT molecular complexity index is 585. The van der Waals surface area contributed by atoms with E-state index in [1.807, 2.05) is 0 Å². The van der Waals surface area contributed by atoms with Crippen molar-refractivity contribution in [2.75, 3.05) is 31.5 Å². The van der Waals surface area contributed by atoms with Gasteiger partial charge in [-0.1, -0.05) is 11.6 Å². The molecule has 1 aromatic rings. The molecule has 6 nitrogen and oxygen atoms in total. The summed E-state index contributed by atoms with van der Waals surface area (Å²) in [5.41, 5.74) is 5.77. The van der Waals surface area contributed by atoms with Crippen molar-refractivity contribution >= 4 is 33.1 Å². The lowest BCUT2D eigenvalue weighted by molar-refractivity contribution is 0.0601. The highest BCUT2D eigenvalue weighted by Gasteiger charge is 2.18. The maximum atomic E-state index is 11.5. The second kappa shape index (κ2) is 6.12. The zero-order valence-corrected chi connectivity index (χ0v) is 12.0. The zero-order valence-electron chi connectivity index (χ0n) is 10.5. The van der Waals surface area contributed by atoms with Gasteiger partial charge in [-0.3, -0.25) is 0 Å². The molecule has 0 unspecified atom stereocenters. The molecule has 0 amide bonds. The number of benzene rings is 1. The summed E-state index contributed by atoms with van der Waals surface area (Å²) in [5, 5.41) is 0.139. The molecule has 1 aromatic carbocycles. The molecule has 0 bridgehead atoms. The number of esters is 1. The van der Waals surface area contributed by atoms with Gasteiger partial charge < -0.3 is 15.2 Å². The molecule has 0 spiro atoms. The summed E-state index contributed by atoms with van der Waals surface area (Å²) in [6.45, 7) is -0.0642. The Kier molecular flexibility index (Phi) is 5.02. The average Bonchev–Trinajstić information content (AvgIpc) is 2.30. The van der Waals surface area contributed by atoms with Crippen molar-refractivity contribution in [2.45, 2.75) is 0 Å². The Balaban J connectivity index is 2.95. The van der Waals surface area contributed by atoms with Crippen LogP contribution in [0.3, 0.4) is 0 Å². The van der Waals surface area contributed by atoms with Gasteiger partial charge in [0.25, 0.3) is 0 Å². The van der Waals surface area contributed by atoms with Crippen molar-refractivity contribution in [3.05, 3.63) is 22.7 Å². The minimum absolute atomic E-state index is 0.000947. The molecule has 19 heavy (non-hydrogen) atoms. The Morgan fingerprint density at radius 3 is 2.58 bits per heavy atom. The number of hydrogen-bond donors (Lipinski definition) is 1. The van der Waals surface area contributed by atoms with Crippen LogP contribution in [0.25, 0.3) is 0 Å². The van der Waals surface area contributed by atoms with Crippen molar-refractivity contribution in [2.24, 2.45) is 0 Å². The number of carbonyl (C=O) groups is 1. The standard InChI is InChI=1S/C11H14ClNO5S/c1-17-11(14)9-7(12)3-4-8(10(9)13)18-5-6-19(2,15)16/h3-4H,5-6,13H2,1-2H3. The third-order valence-electron chi connectivity index (χ3n) is 2.26. The lowest BCUT2D eigenvalue weighted by Crippen LogP contribution is -2.14. The van der Waals surface area contributed by atoms with Gasteiger partial charge in [0.1, 0.15) is 17.9 Å². The fraction of sp³-hybridized carbons (Fsp3) is 0.364. The SMILES string of the molecule is COC(=O)c1c(Cl)ccc(OCCS(C)(=O)=O)c1N. The van der Waals surface area contributed by atoms with Crippen LogP contribution in [0.5, 0.6) is 5.75 Å². The molecular formula is C11H14ClNO5S. The van der Waals surface area contributed by atoms with Gasteiger partial charge in [0.05, 0.1) is 23.6 Å². The van der Waals surface area contributed by atoms with E-state index in [4.69, 9.17) is 22.1 Å². The van der Waals surface area contributed by atoms with E-state index in [1.54, 1.807) is 0 Å². The van der Waals surface area contributed by atoms with Gasteiger partial charge in [-0.25, -0.2) is 13.2 Å². The predicted octanol–water partition coefficient (Wildman–Crippen LogP) is 1.13. The van der Waals surface area contributed by atoms with E-state index < -0.39 is 15.8 Å². The molecule has 8 heteroatoms. The number of rotatable bonds is 5. The van der Waals surface area contributed by atoms with E-state index >= 15 is 0 Å². The second-order valence-corrected chi connectivity index (χ2v) is 6.47. The minimum Gasteiger partial charge on any atom is -0.490 e. The number of sulfone groups is 1. The van der Waals surface area contributed by atoms with E-state index in [2.05, 4.69) is 4.74 Å². The first-order valence-electron chi connectivity index (χ1n) is 5.23. The first-order valence-corrected chi connectivity index (χ1v) is 7.67. The van der Waals surface area contributed by atoms with Crippen LogP contribution < -0.4 is 10.5 Å². The maximum Gasteiger partial charge on any atom is 0.341 e. The molecule has 0 atom stereocenters. The third-order valence-corrected chi connectivity index (χ3v) is 3.48. The maximum absolute atomic E-state index is 11.5. The summed E-state index contributed by atoms with van der Waals surface area (Å²) in [6, 6.07) is 2.90. The van der Waals surface area contributed by atoms with Crippen LogP contribution in [-0.2, 0) is 14.6 Å². The van der Waals surface area contributed by atoms with Crippen LogP contribution in [0.1, 0.15) is 10.4 Å². The largest absolute Gasteiger partial charge is 0.490 e. The fourth-order valence-corrected chi connectivity index (χ4v) is 1.94. The van der Waals surface area contributed by atoms with Gasteiger partial charge in [0.15, 0.2) is 9.84 Å². The van der Waals surface area contributed by atoms with Crippen LogP contribution in [0.15, 0.2) is 12.1 Å². The molecule has 0 aliphatic heterocycles. The molecule has 1 rings (SSSR count). The van der Waals surface area contributed by atoms with Crippen molar-refractivity contribution in [1.29, 1.82) is 0 Å². The lowest BCUT2D eigenvalue weighted by atomic mass is 10.1. The van der Waals surface area contributed by atoms with Gasteiger partial charge in [0, 0.05) is 6.26 Å². The van der Waals surface area contributed by atoms with Crippen molar-refractivity contribution < 1.29 is 22.7 Å². The molecule has 0 aliphatic carbocycles. The Hall–Kier alpha value is -1.47. The lowest BCUT2D eigenvalue weighted by Gasteiger charge is -2.12. The molecular weight excluding hydrogens is 294 g/mol. The highest BCUT2D eigenvalue weighted by atomic mass is 35.5. The molecule has 0 saturated carbocycles. The smallest absolute Gasteiger partial charge is 0.341 e. The van der Waals surface area contributed by atoms with E-state index in [0.29, 0.717) is 0 Å². The number of nitrogens with two attached hydrogens (primary N) is 1. The van der Waals surface area contributed by atoms with Crippen LogP contribution in [-0.4, -0.2) is 40.1 Å². The number of hydrogen-bond acceptors (Lipinski definition) is 6. The van der Waals surface area contributed by atoms with Crippen LogP contribution in [0, 0.1) is 0 Å². The Morgan fingerprint density at radius 2 is 2.05 bits per heavy atom. The first kappa shape index (κ1) is 15.6. The quantitative estimate of drug-likeness (QED) is 0.647. The van der Waals surface area contributed by atoms with Crippen molar-refractivity contribution in [3.8, 4) is 5.75 Å². The topological polar surface area (TPSA) is 95.7 Å². The zero-order chi connectivity index (χ0) is 14.6. The summed E-state index contributed by atoms with van der Waals surface area (Å²) in [4.78, 5) is 11.5. The van der Waals surface area contributed by atoms with Crippen LogP contribution in [0.2, 0.25) is 5.02 Å². The van der Waals surface area contributed by atoms with E-state index in [9.17, 15) is 13.2 Å². The number of nitrogen functional groups attached to an aromatic ring is 1. The summed E-state index contributed by atoms with van der Waals surface area (Å²) in [5.74, 6) is -0.646. The highest BCUT2D eigenvalue weighted by Crippen LogP contribution is 2.31. The third kappa shape index (κ3) is 4.29. The molecule has 0 aliphatic rings. The summed E-state index contributed by atoms with van der Waals surface area (Å²) in [7, 11) is -1.93. The summed E-state index contributed by atoms with van der Waals surface area (Å²) < 4.78 is 31.7. The molecule has 0 saturated heterocycles. The van der Waals surface area contributed by atoms with Gasteiger partial charge in [-0.15, -0.1) is 0 Å². The summed E-state index contributed by atoms with van der Waals surface area (Å²) in [6.07, 6.45) is 1.10. The predicted molar refractivity (Wildman–Crippen MR) is 72.4 cm³/mol. The van der Waals surface area contributed by atoms with E-state index in [-0.39, 0.29) is 34.4 Å².